The first-order valence-electron chi connectivity index (χ1n) is 15.2. The fourth-order valence-corrected chi connectivity index (χ4v) is 5.72. The molecule has 0 bridgehead atoms. The number of morpholine rings is 1. The van der Waals surface area contributed by atoms with E-state index in [1.165, 1.54) is 4.88 Å². The second-order valence-corrected chi connectivity index (χ2v) is 11.7. The number of rotatable bonds is 19. The van der Waals surface area contributed by atoms with Crippen LogP contribution in [0.1, 0.15) is 29.7 Å². The summed E-state index contributed by atoms with van der Waals surface area (Å²) in [7, 11) is 3.84. The molecule has 2 aromatic carbocycles. The molecule has 1 saturated heterocycles. The molecule has 4 N–H and O–H groups in total. The molecule has 0 radical (unpaired) electrons. The minimum absolute atomic E-state index is 0.0812. The van der Waals surface area contributed by atoms with Gasteiger partial charge in [0.15, 0.2) is 11.0 Å². The van der Waals surface area contributed by atoms with Crippen LogP contribution in [-0.4, -0.2) is 101 Å². The molecule has 44 heavy (non-hydrogen) atoms. The number of aromatic nitrogens is 1. The van der Waals surface area contributed by atoms with Gasteiger partial charge in [-0.25, -0.2) is 4.98 Å². The lowest BCUT2D eigenvalue weighted by atomic mass is 10.1. The van der Waals surface area contributed by atoms with Crippen LogP contribution in [0.15, 0.2) is 53.7 Å². The predicted molar refractivity (Wildman–Crippen MR) is 175 cm³/mol. The van der Waals surface area contributed by atoms with E-state index < -0.39 is 0 Å². The highest BCUT2D eigenvalue weighted by molar-refractivity contribution is 7.16. The van der Waals surface area contributed by atoms with Crippen molar-refractivity contribution in [2.24, 2.45) is 10.9 Å². The topological polar surface area (TPSA) is 127 Å². The molecule has 240 valence electrons. The summed E-state index contributed by atoms with van der Waals surface area (Å²) < 4.78 is 22.5. The van der Waals surface area contributed by atoms with E-state index in [9.17, 15) is 0 Å². The van der Waals surface area contributed by atoms with E-state index in [0.29, 0.717) is 25.4 Å². The molecule has 1 aromatic heterocycles. The molecule has 0 saturated carbocycles. The van der Waals surface area contributed by atoms with E-state index in [-0.39, 0.29) is 5.84 Å². The van der Waals surface area contributed by atoms with Gasteiger partial charge < -0.3 is 40.1 Å². The highest BCUT2D eigenvalue weighted by atomic mass is 32.1. The highest BCUT2D eigenvalue weighted by Gasteiger charge is 2.17. The Morgan fingerprint density at radius 3 is 2.32 bits per heavy atom. The first-order valence-corrected chi connectivity index (χ1v) is 16.0. The van der Waals surface area contributed by atoms with Gasteiger partial charge in [0.1, 0.15) is 11.5 Å². The zero-order chi connectivity index (χ0) is 31.0. The smallest absolute Gasteiger partial charge is 0.185 e. The van der Waals surface area contributed by atoms with Gasteiger partial charge >= 0.3 is 0 Å². The third kappa shape index (κ3) is 10.6. The summed E-state index contributed by atoms with van der Waals surface area (Å²) in [6, 6.07) is 15.4. The fourth-order valence-electron chi connectivity index (χ4n) is 4.69. The number of oxime groups is 1. The van der Waals surface area contributed by atoms with Crippen molar-refractivity contribution in [3.8, 4) is 22.8 Å². The third-order valence-electron chi connectivity index (χ3n) is 7.35. The van der Waals surface area contributed by atoms with Gasteiger partial charge in [0, 0.05) is 69.4 Å². The Hall–Kier alpha value is -3.42. The molecular formula is C32H46N6O5S. The molecule has 1 fully saturated rings. The highest BCUT2D eigenvalue weighted by Crippen LogP contribution is 2.33. The number of anilines is 1. The minimum Gasteiger partial charge on any atom is -0.494 e. The summed E-state index contributed by atoms with van der Waals surface area (Å²) >= 11 is 1.74. The Balaban J connectivity index is 1.23. The van der Waals surface area contributed by atoms with Gasteiger partial charge in [-0.3, -0.25) is 4.90 Å². The number of likely N-dealkylation sites (N-methyl/N-ethyl adjacent to an activating group) is 1. The van der Waals surface area contributed by atoms with Gasteiger partial charge in [0.25, 0.3) is 0 Å². The number of ether oxygens (including phenoxy) is 4. The zero-order valence-corrected chi connectivity index (χ0v) is 26.7. The number of nitrogens with zero attached hydrogens (tertiary/aromatic N) is 4. The fraction of sp³-hybridized carbons (Fsp3) is 0.500. The lowest BCUT2D eigenvalue weighted by Crippen LogP contribution is -2.40. The van der Waals surface area contributed by atoms with E-state index in [0.717, 1.165) is 99.6 Å². The number of nitrogens with one attached hydrogen (secondary N) is 1. The van der Waals surface area contributed by atoms with E-state index in [1.54, 1.807) is 30.6 Å². The molecule has 1 aliphatic heterocycles. The van der Waals surface area contributed by atoms with Crippen LogP contribution < -0.4 is 25.4 Å². The standard InChI is InChI=1S/C32H46N6O5S/c1-37(15-16-38-17-22-41-23-18-38)32-35-30(29(44-32)24-34-14-21-40-2)25-6-10-27(11-7-25)42-19-4-3-5-20-43-28-12-8-26(9-13-28)31(33)36-39/h6-13,34,39H,3-5,14-24H2,1-2H3,(H2,33,36). The molecular weight excluding hydrogens is 580 g/mol. The Morgan fingerprint density at radius 1 is 1.02 bits per heavy atom. The van der Waals surface area contributed by atoms with Crippen LogP contribution >= 0.6 is 11.3 Å². The van der Waals surface area contributed by atoms with Gasteiger partial charge in [0.05, 0.1) is 38.7 Å². The van der Waals surface area contributed by atoms with Crippen LogP contribution in [0.25, 0.3) is 11.3 Å². The van der Waals surface area contributed by atoms with Crippen molar-refractivity contribution in [2.45, 2.75) is 25.8 Å². The molecule has 1 aliphatic rings. The number of amidine groups is 1. The van der Waals surface area contributed by atoms with Crippen molar-refractivity contribution >= 4 is 22.3 Å². The number of methoxy groups -OCH3 is 1. The maximum atomic E-state index is 8.76. The van der Waals surface area contributed by atoms with Crippen molar-refractivity contribution in [3.05, 3.63) is 59.0 Å². The first kappa shape index (κ1) is 33.5. The van der Waals surface area contributed by atoms with Gasteiger partial charge in [-0.05, 0) is 67.8 Å². The molecule has 0 spiro atoms. The van der Waals surface area contributed by atoms with E-state index >= 15 is 0 Å². The van der Waals surface area contributed by atoms with Crippen LogP contribution in [-0.2, 0) is 16.0 Å². The monoisotopic (exact) mass is 626 g/mol. The van der Waals surface area contributed by atoms with E-state index in [2.05, 4.69) is 39.5 Å². The van der Waals surface area contributed by atoms with Crippen LogP contribution in [0.2, 0.25) is 0 Å². The number of hydrogen-bond acceptors (Lipinski definition) is 11. The minimum atomic E-state index is 0.0812. The van der Waals surface area contributed by atoms with E-state index in [1.807, 2.05) is 24.3 Å². The van der Waals surface area contributed by atoms with Crippen molar-refractivity contribution in [1.82, 2.24) is 15.2 Å². The first-order chi connectivity index (χ1) is 21.6. The Kier molecular flexibility index (Phi) is 14.0. The number of nitrogens with two attached hydrogens (primary N) is 1. The number of benzene rings is 2. The summed E-state index contributed by atoms with van der Waals surface area (Å²) in [6.45, 7) is 9.01. The Morgan fingerprint density at radius 2 is 1.68 bits per heavy atom. The molecule has 2 heterocycles. The Labute approximate surface area is 264 Å². The second kappa shape index (κ2) is 18.4. The molecule has 0 aliphatic carbocycles. The third-order valence-corrected chi connectivity index (χ3v) is 8.52. The molecule has 3 aromatic rings. The molecule has 12 heteroatoms. The van der Waals surface area contributed by atoms with Crippen molar-refractivity contribution in [2.75, 3.05) is 84.8 Å². The van der Waals surface area contributed by atoms with Crippen LogP contribution in [0.4, 0.5) is 5.13 Å². The number of thiazole rings is 1. The summed E-state index contributed by atoms with van der Waals surface area (Å²) in [4.78, 5) is 11.0. The van der Waals surface area contributed by atoms with Gasteiger partial charge in [-0.2, -0.15) is 0 Å². The number of unbranched alkanes of at least 4 members (excludes halogenated alkanes) is 2. The summed E-state index contributed by atoms with van der Waals surface area (Å²) in [6.07, 6.45) is 2.87. The predicted octanol–water partition coefficient (Wildman–Crippen LogP) is 4.04. The molecule has 0 atom stereocenters. The van der Waals surface area contributed by atoms with Gasteiger partial charge in [-0.15, -0.1) is 0 Å². The summed E-state index contributed by atoms with van der Waals surface area (Å²) in [5.74, 6) is 1.70. The van der Waals surface area contributed by atoms with Crippen LogP contribution in [0.5, 0.6) is 11.5 Å². The van der Waals surface area contributed by atoms with Gasteiger partial charge in [-0.1, -0.05) is 16.5 Å². The van der Waals surface area contributed by atoms with Crippen molar-refractivity contribution < 1.29 is 24.2 Å². The maximum absolute atomic E-state index is 8.76. The van der Waals surface area contributed by atoms with Crippen molar-refractivity contribution in [3.63, 3.8) is 0 Å². The summed E-state index contributed by atoms with van der Waals surface area (Å²) in [5, 5.41) is 16.3. The zero-order valence-electron chi connectivity index (χ0n) is 25.9. The van der Waals surface area contributed by atoms with Crippen molar-refractivity contribution in [1.29, 1.82) is 0 Å². The average Bonchev–Trinajstić information content (AvgIpc) is 3.50. The molecule has 11 nitrogen and oxygen atoms in total. The normalized spacial score (nSPS) is 14.1. The quantitative estimate of drug-likeness (QED) is 0.0590. The molecule has 0 amide bonds. The Bertz CT molecular complexity index is 1270. The molecule has 4 rings (SSSR count). The van der Waals surface area contributed by atoms with Crippen LogP contribution in [0.3, 0.4) is 0 Å². The lowest BCUT2D eigenvalue weighted by Gasteiger charge is -2.28. The second-order valence-electron chi connectivity index (χ2n) is 10.6. The SMILES string of the molecule is COCCNCc1sc(N(C)CCN2CCOCC2)nc1-c1ccc(OCCCCCOc2ccc(/C(N)=N\O)cc2)cc1. The van der Waals surface area contributed by atoms with Gasteiger partial charge in [0.2, 0.25) is 0 Å². The summed E-state index contributed by atoms with van der Waals surface area (Å²) in [5.41, 5.74) is 8.34. The maximum Gasteiger partial charge on any atom is 0.185 e. The lowest BCUT2D eigenvalue weighted by molar-refractivity contribution is 0.0393. The van der Waals surface area contributed by atoms with Crippen LogP contribution in [0, 0.1) is 0 Å². The van der Waals surface area contributed by atoms with E-state index in [4.69, 9.17) is 34.9 Å². The molecule has 0 unspecified atom stereocenters. The number of hydrogen-bond donors (Lipinski definition) is 3. The largest absolute Gasteiger partial charge is 0.494 e. The average molecular weight is 627 g/mol.